The molecule has 29 heavy (non-hydrogen) atoms. The zero-order valence-electron chi connectivity index (χ0n) is 16.7. The quantitative estimate of drug-likeness (QED) is 0.620. The first-order chi connectivity index (χ1) is 13.7. The number of halogens is 1. The fourth-order valence-electron chi connectivity index (χ4n) is 3.05. The molecule has 1 aliphatic rings. The second kappa shape index (κ2) is 8.85. The van der Waals surface area contributed by atoms with E-state index in [1.165, 1.54) is 12.1 Å². The Hall–Kier alpha value is -1.90. The zero-order valence-corrected chi connectivity index (χ0v) is 19.1. The van der Waals surface area contributed by atoms with E-state index in [0.717, 1.165) is 24.2 Å². The molecule has 1 fully saturated rings. The molecule has 0 aliphatic heterocycles. The SMILES string of the molecule is COc1ccc(CN(C(=O)c2cc(S(=O)(=O)NC(C)C)ccc2Br)C2CC2)cc1. The van der Waals surface area contributed by atoms with Gasteiger partial charge in [-0.05, 0) is 78.5 Å². The van der Waals surface area contributed by atoms with E-state index in [1.807, 2.05) is 29.2 Å². The minimum Gasteiger partial charge on any atom is -0.497 e. The molecule has 2 aromatic carbocycles. The minimum absolute atomic E-state index is 0.0814. The van der Waals surface area contributed by atoms with E-state index < -0.39 is 10.0 Å². The van der Waals surface area contributed by atoms with Crippen molar-refractivity contribution in [2.45, 2.75) is 50.2 Å². The van der Waals surface area contributed by atoms with E-state index in [9.17, 15) is 13.2 Å². The summed E-state index contributed by atoms with van der Waals surface area (Å²) in [6.45, 7) is 3.97. The van der Waals surface area contributed by atoms with Crippen LogP contribution in [0.2, 0.25) is 0 Å². The fraction of sp³-hybridized carbons (Fsp3) is 0.381. The third-order valence-corrected chi connectivity index (χ3v) is 6.98. The van der Waals surface area contributed by atoms with Crippen molar-refractivity contribution in [2.24, 2.45) is 0 Å². The Balaban J connectivity index is 1.89. The number of carbonyl (C=O) groups is 1. The third kappa shape index (κ3) is 5.38. The van der Waals surface area contributed by atoms with Crippen molar-refractivity contribution >= 4 is 31.9 Å². The number of ether oxygens (including phenoxy) is 1. The first-order valence-corrected chi connectivity index (χ1v) is 11.7. The van der Waals surface area contributed by atoms with Crippen LogP contribution >= 0.6 is 15.9 Å². The van der Waals surface area contributed by atoms with Gasteiger partial charge in [-0.15, -0.1) is 0 Å². The average Bonchev–Trinajstić information content (AvgIpc) is 3.50. The van der Waals surface area contributed by atoms with E-state index >= 15 is 0 Å². The minimum atomic E-state index is -3.68. The summed E-state index contributed by atoms with van der Waals surface area (Å²) in [7, 11) is -2.07. The second-order valence-corrected chi connectivity index (χ2v) is 10.00. The number of methoxy groups -OCH3 is 1. The van der Waals surface area contributed by atoms with Gasteiger partial charge in [0.1, 0.15) is 5.75 Å². The van der Waals surface area contributed by atoms with Crippen molar-refractivity contribution in [1.29, 1.82) is 0 Å². The van der Waals surface area contributed by atoms with Crippen molar-refractivity contribution in [3.63, 3.8) is 0 Å². The third-order valence-electron chi connectivity index (χ3n) is 4.63. The summed E-state index contributed by atoms with van der Waals surface area (Å²) in [4.78, 5) is 15.2. The molecule has 0 saturated heterocycles. The topological polar surface area (TPSA) is 75.7 Å². The van der Waals surface area contributed by atoms with Gasteiger partial charge in [-0.25, -0.2) is 13.1 Å². The standard InChI is InChI=1S/C21H25BrN2O4S/c1-14(2)23-29(26,27)18-10-11-20(22)19(12-18)21(25)24(16-6-7-16)13-15-4-8-17(28-3)9-5-15/h4-5,8-12,14,16,23H,6-7,13H2,1-3H3. The molecule has 156 valence electrons. The summed E-state index contributed by atoms with van der Waals surface area (Å²) < 4.78 is 33.4. The van der Waals surface area contributed by atoms with Crippen LogP contribution in [0, 0.1) is 0 Å². The van der Waals surface area contributed by atoms with Crippen LogP contribution < -0.4 is 9.46 Å². The highest BCUT2D eigenvalue weighted by molar-refractivity contribution is 9.10. The van der Waals surface area contributed by atoms with E-state index in [0.29, 0.717) is 16.6 Å². The van der Waals surface area contributed by atoms with Gasteiger partial charge in [-0.1, -0.05) is 12.1 Å². The van der Waals surface area contributed by atoms with Gasteiger partial charge in [0.15, 0.2) is 0 Å². The Labute approximate surface area is 180 Å². The molecular formula is C21H25BrN2O4S. The first-order valence-electron chi connectivity index (χ1n) is 9.47. The van der Waals surface area contributed by atoms with Crippen LogP contribution in [0.3, 0.4) is 0 Å². The Morgan fingerprint density at radius 3 is 2.41 bits per heavy atom. The normalized spacial score (nSPS) is 14.1. The molecular weight excluding hydrogens is 456 g/mol. The van der Waals surface area contributed by atoms with Crippen LogP contribution in [0.5, 0.6) is 5.75 Å². The summed E-state index contributed by atoms with van der Waals surface area (Å²) >= 11 is 3.41. The number of nitrogens with one attached hydrogen (secondary N) is 1. The molecule has 6 nitrogen and oxygen atoms in total. The number of amides is 1. The Morgan fingerprint density at radius 1 is 1.21 bits per heavy atom. The van der Waals surface area contributed by atoms with Crippen molar-refractivity contribution in [2.75, 3.05) is 7.11 Å². The van der Waals surface area contributed by atoms with Gasteiger partial charge in [-0.2, -0.15) is 0 Å². The number of benzene rings is 2. The first kappa shape index (κ1) is 21.8. The Bertz CT molecular complexity index is 986. The summed E-state index contributed by atoms with van der Waals surface area (Å²) in [5.74, 6) is 0.577. The van der Waals surface area contributed by atoms with Gasteiger partial charge in [0.2, 0.25) is 10.0 Å². The van der Waals surface area contributed by atoms with Gasteiger partial charge in [0.05, 0.1) is 17.6 Å². The van der Waals surface area contributed by atoms with Crippen molar-refractivity contribution < 1.29 is 17.9 Å². The maximum absolute atomic E-state index is 13.3. The molecule has 3 rings (SSSR count). The summed E-state index contributed by atoms with van der Waals surface area (Å²) in [6, 6.07) is 12.1. The lowest BCUT2D eigenvalue weighted by Gasteiger charge is -2.24. The Kier molecular flexibility index (Phi) is 6.65. The lowest BCUT2D eigenvalue weighted by atomic mass is 10.1. The van der Waals surface area contributed by atoms with Crippen molar-refractivity contribution in [1.82, 2.24) is 9.62 Å². The predicted molar refractivity (Wildman–Crippen MR) is 115 cm³/mol. The molecule has 1 amide bonds. The van der Waals surface area contributed by atoms with Crippen molar-refractivity contribution in [3.8, 4) is 5.75 Å². The van der Waals surface area contributed by atoms with Crippen LogP contribution in [-0.2, 0) is 16.6 Å². The van der Waals surface area contributed by atoms with Crippen LogP contribution in [0.4, 0.5) is 0 Å². The highest BCUT2D eigenvalue weighted by Gasteiger charge is 2.34. The molecule has 0 heterocycles. The maximum Gasteiger partial charge on any atom is 0.255 e. The van der Waals surface area contributed by atoms with E-state index in [2.05, 4.69) is 20.7 Å². The van der Waals surface area contributed by atoms with E-state index in [-0.39, 0.29) is 22.9 Å². The van der Waals surface area contributed by atoms with Gasteiger partial charge < -0.3 is 9.64 Å². The molecule has 8 heteroatoms. The molecule has 1 aliphatic carbocycles. The molecule has 0 atom stereocenters. The van der Waals surface area contributed by atoms with Gasteiger partial charge in [-0.3, -0.25) is 4.79 Å². The van der Waals surface area contributed by atoms with Crippen LogP contribution in [0.15, 0.2) is 51.8 Å². The summed E-state index contributed by atoms with van der Waals surface area (Å²) in [5.41, 5.74) is 1.34. The van der Waals surface area contributed by atoms with Gasteiger partial charge in [0.25, 0.3) is 5.91 Å². The smallest absolute Gasteiger partial charge is 0.255 e. The molecule has 0 spiro atoms. The molecule has 0 unspecified atom stereocenters. The van der Waals surface area contributed by atoms with Crippen LogP contribution in [-0.4, -0.2) is 38.4 Å². The average molecular weight is 481 g/mol. The number of hydrogen-bond acceptors (Lipinski definition) is 4. The van der Waals surface area contributed by atoms with E-state index in [1.54, 1.807) is 27.0 Å². The van der Waals surface area contributed by atoms with Gasteiger partial charge >= 0.3 is 0 Å². The molecule has 0 radical (unpaired) electrons. The second-order valence-electron chi connectivity index (χ2n) is 7.43. The Morgan fingerprint density at radius 2 is 1.86 bits per heavy atom. The number of nitrogens with zero attached hydrogens (tertiary/aromatic N) is 1. The fourth-order valence-corrected chi connectivity index (χ4v) is 4.74. The lowest BCUT2D eigenvalue weighted by Crippen LogP contribution is -2.33. The summed E-state index contributed by atoms with van der Waals surface area (Å²) in [5, 5.41) is 0. The molecule has 0 bridgehead atoms. The van der Waals surface area contributed by atoms with E-state index in [4.69, 9.17) is 4.74 Å². The number of sulfonamides is 1. The molecule has 0 aromatic heterocycles. The van der Waals surface area contributed by atoms with Crippen molar-refractivity contribution in [3.05, 3.63) is 58.1 Å². The van der Waals surface area contributed by atoms with Gasteiger partial charge in [0, 0.05) is 23.1 Å². The highest BCUT2D eigenvalue weighted by atomic mass is 79.9. The maximum atomic E-state index is 13.3. The largest absolute Gasteiger partial charge is 0.497 e. The number of rotatable bonds is 8. The molecule has 1 saturated carbocycles. The van der Waals surface area contributed by atoms with Crippen LogP contribution in [0.1, 0.15) is 42.6 Å². The highest BCUT2D eigenvalue weighted by Crippen LogP contribution is 2.32. The molecule has 2 aromatic rings. The lowest BCUT2D eigenvalue weighted by molar-refractivity contribution is 0.0728. The monoisotopic (exact) mass is 480 g/mol. The number of hydrogen-bond donors (Lipinski definition) is 1. The van der Waals surface area contributed by atoms with Crippen LogP contribution in [0.25, 0.3) is 0 Å². The summed E-state index contributed by atoms with van der Waals surface area (Å²) in [6.07, 6.45) is 1.90. The zero-order chi connectivity index (χ0) is 21.2. The molecule has 1 N–H and O–H groups in total. The number of carbonyl (C=O) groups excluding carboxylic acids is 1. The predicted octanol–water partition coefficient (Wildman–Crippen LogP) is 3.95.